The number of unbranched alkanes of at least 4 members (excludes halogenated alkanes) is 14. The smallest absolute Gasteiger partial charge is 0.550 e. The van der Waals surface area contributed by atoms with Crippen LogP contribution in [-0.4, -0.2) is 18.9 Å². The fourth-order valence-electron chi connectivity index (χ4n) is 5.90. The van der Waals surface area contributed by atoms with Gasteiger partial charge in [-0.1, -0.05) is 95.6 Å². The first-order valence-electron chi connectivity index (χ1n) is 17.4. The van der Waals surface area contributed by atoms with E-state index in [2.05, 4.69) is 16.3 Å². The molecule has 0 aliphatic rings. The first kappa shape index (κ1) is 43.8. The molecule has 12 heteroatoms. The number of aryl methyl sites for hydroxylation is 3. The van der Waals surface area contributed by atoms with E-state index in [1.54, 1.807) is 13.0 Å². The molecule has 2 heterocycles. The largest absolute Gasteiger partial charge is 1.00 e. The Labute approximate surface area is 337 Å². The molecule has 0 radical (unpaired) electrons. The van der Waals surface area contributed by atoms with Crippen LogP contribution < -0.4 is 71.9 Å². The van der Waals surface area contributed by atoms with Crippen molar-refractivity contribution in [3.8, 4) is 5.75 Å². The van der Waals surface area contributed by atoms with Crippen LogP contribution in [0.2, 0.25) is 0 Å². The van der Waals surface area contributed by atoms with Gasteiger partial charge in [-0.2, -0.15) is 8.42 Å². The molecule has 0 aliphatic carbocycles. The van der Waals surface area contributed by atoms with Crippen molar-refractivity contribution in [2.45, 2.75) is 123 Å². The topological polar surface area (TPSA) is 164 Å². The van der Waals surface area contributed by atoms with Crippen LogP contribution >= 0.6 is 0 Å². The Morgan fingerprint density at radius 3 is 1.54 bits per heavy atom. The summed E-state index contributed by atoms with van der Waals surface area (Å²) in [4.78, 5) is 33.0. The van der Waals surface area contributed by atoms with E-state index in [0.29, 0.717) is 16.5 Å². The zero-order valence-electron chi connectivity index (χ0n) is 29.7. The van der Waals surface area contributed by atoms with Crippen LogP contribution in [-0.2, 0) is 21.6 Å². The molecule has 1 N–H and O–H groups in total. The van der Waals surface area contributed by atoms with Crippen molar-refractivity contribution in [2.75, 3.05) is 0 Å². The third-order valence-corrected chi connectivity index (χ3v) is 8.89. The maximum atomic E-state index is 11.6. The van der Waals surface area contributed by atoms with Crippen molar-refractivity contribution in [1.82, 2.24) is 0 Å². The summed E-state index contributed by atoms with van der Waals surface area (Å²) in [6, 6.07) is 13.2. The molecule has 2 aromatic carbocycles. The van der Waals surface area contributed by atoms with Gasteiger partial charge in [0.15, 0.2) is 0 Å². The Bertz CT molecular complexity index is 1860. The van der Waals surface area contributed by atoms with Gasteiger partial charge < -0.3 is 22.9 Å². The molecule has 50 heavy (non-hydrogen) atoms. The van der Waals surface area contributed by atoms with Crippen LogP contribution in [0.1, 0.15) is 119 Å². The normalized spacial score (nSPS) is 11.2. The number of benzene rings is 2. The number of carbonyl (C=O) groups excluding carboxylic acids is 1. The van der Waals surface area contributed by atoms with Crippen LogP contribution in [0.4, 0.5) is 0 Å². The first-order chi connectivity index (χ1) is 23.4. The molecule has 0 unspecified atom stereocenters. The Kier molecular flexibility index (Phi) is 20.4. The molecule has 4 aromatic rings. The predicted molar refractivity (Wildman–Crippen MR) is 189 cm³/mol. The van der Waals surface area contributed by atoms with Crippen molar-refractivity contribution in [3.05, 3.63) is 86.1 Å². The average molecular weight is 737 g/mol. The Morgan fingerprint density at radius 2 is 1.08 bits per heavy atom. The number of carbonyl (C=O) groups is 1. The van der Waals surface area contributed by atoms with Crippen molar-refractivity contribution >= 4 is 38.3 Å². The maximum Gasteiger partial charge on any atom is 1.00 e. The van der Waals surface area contributed by atoms with Crippen LogP contribution in [0.5, 0.6) is 5.75 Å². The molecule has 0 spiro atoms. The first-order valence-corrected chi connectivity index (χ1v) is 18.7. The minimum absolute atomic E-state index is 0. The van der Waals surface area contributed by atoms with Gasteiger partial charge in [0.2, 0.25) is 0 Å². The monoisotopic (exact) mass is 736 g/mol. The van der Waals surface area contributed by atoms with E-state index in [1.807, 2.05) is 13.0 Å². The average Bonchev–Trinajstić information content (AvgIpc) is 3.01. The number of rotatable bonds is 20. The van der Waals surface area contributed by atoms with Gasteiger partial charge in [0.25, 0.3) is 0 Å². The number of carboxylic acids is 1. The number of hydrogen-bond acceptors (Lipinski definition) is 9. The van der Waals surface area contributed by atoms with E-state index in [0.717, 1.165) is 36.6 Å². The van der Waals surface area contributed by atoms with Crippen LogP contribution in [0.25, 0.3) is 21.9 Å². The zero-order chi connectivity index (χ0) is 35.6. The summed E-state index contributed by atoms with van der Waals surface area (Å²) in [5, 5.41) is 12.0. The van der Waals surface area contributed by atoms with Crippen LogP contribution in [0, 0.1) is 13.8 Å². The van der Waals surface area contributed by atoms with Gasteiger partial charge in [0, 0.05) is 34.9 Å². The van der Waals surface area contributed by atoms with E-state index >= 15 is 0 Å². The third-order valence-electron chi connectivity index (χ3n) is 8.49. The number of hydrogen-bond donors (Lipinski definition) is 1. The van der Waals surface area contributed by atoms with Crippen LogP contribution in [0.15, 0.2) is 67.0 Å². The van der Waals surface area contributed by atoms with Gasteiger partial charge in [-0.25, -0.2) is 9.59 Å². The minimum atomic E-state index is -4.59. The molecule has 268 valence electrons. The molecule has 0 atom stereocenters. The molecule has 0 aliphatic heterocycles. The van der Waals surface area contributed by atoms with E-state index in [4.69, 9.17) is 13.4 Å². The zero-order valence-corrected chi connectivity index (χ0v) is 33.6. The van der Waals surface area contributed by atoms with Gasteiger partial charge in [-0.3, -0.25) is 4.55 Å². The molecule has 10 nitrogen and oxygen atoms in total. The second kappa shape index (κ2) is 23.3. The number of carboxylic acid groups (broad SMARTS) is 1. The molecule has 0 saturated heterocycles. The number of aliphatic carboxylic acids is 1. The number of fused-ring (bicyclic) bond motifs is 2. The standard InChI is InChI=1S/C28H42O4.C10H8O6S.K/c1-23-21-28(31)32-26-22-24(19-20-25(23)26)17-15-13-11-9-7-5-3-2-4-6-8-10-12-14-16-18-27(29)30;1-6-4-10(11)15-9-5-7(2-3-8(6)9)16-17(12,13)14;/h19-22H,2-18H2,1H3,(H,29,30);2-5H,1H3,(H,12,13,14);/q;;+1/p-1. The van der Waals surface area contributed by atoms with E-state index in [9.17, 15) is 27.9 Å². The van der Waals surface area contributed by atoms with E-state index < -0.39 is 22.0 Å². The summed E-state index contributed by atoms with van der Waals surface area (Å²) < 4.78 is 44.0. The van der Waals surface area contributed by atoms with Crippen molar-refractivity contribution < 1.29 is 87.3 Å². The molecule has 0 bridgehead atoms. The van der Waals surface area contributed by atoms with Crippen molar-refractivity contribution in [2.24, 2.45) is 0 Å². The van der Waals surface area contributed by atoms with E-state index in [-0.39, 0.29) is 74.8 Å². The maximum absolute atomic E-state index is 11.6. The Balaban J connectivity index is 0.000000404. The van der Waals surface area contributed by atoms with E-state index in [1.165, 1.54) is 107 Å². The summed E-state index contributed by atoms with van der Waals surface area (Å²) in [7, 11) is -4.59. The molecular weight excluding hydrogens is 688 g/mol. The SMILES string of the molecule is Cc1cc(=O)oc2cc(CCCCCCCCCCCCCCCCCC(=O)[O-])ccc12.Cc1cc(=O)oc2cc(OS(=O)(=O)O)ccc12.[K+]. The second-order valence-corrected chi connectivity index (χ2v) is 13.7. The molecule has 0 amide bonds. The van der Waals surface area contributed by atoms with Gasteiger partial charge >= 0.3 is 73.0 Å². The van der Waals surface area contributed by atoms with Gasteiger partial charge in [0.05, 0.1) is 0 Å². The summed E-state index contributed by atoms with van der Waals surface area (Å²) in [6.07, 6.45) is 19.9. The van der Waals surface area contributed by atoms with Crippen molar-refractivity contribution in [3.63, 3.8) is 0 Å². The summed E-state index contributed by atoms with van der Waals surface area (Å²) >= 11 is 0. The quantitative estimate of drug-likeness (QED) is 0.0570. The second-order valence-electron chi connectivity index (χ2n) is 12.7. The Hall–Kier alpha value is -2.32. The summed E-state index contributed by atoms with van der Waals surface area (Å²) in [5.74, 6) is -1.05. The van der Waals surface area contributed by atoms with Crippen LogP contribution in [0.3, 0.4) is 0 Å². The molecule has 0 saturated carbocycles. The fraction of sp³-hybridized carbons (Fsp3) is 0.500. The molecule has 4 rings (SSSR count). The Morgan fingerprint density at radius 1 is 0.660 bits per heavy atom. The minimum Gasteiger partial charge on any atom is -0.550 e. The van der Waals surface area contributed by atoms with Gasteiger partial charge in [-0.05, 0) is 74.4 Å². The van der Waals surface area contributed by atoms with Gasteiger partial charge in [0.1, 0.15) is 16.9 Å². The van der Waals surface area contributed by atoms with Gasteiger partial charge in [-0.15, -0.1) is 0 Å². The molecular formula is C38H49KO10S. The third kappa shape index (κ3) is 17.3. The summed E-state index contributed by atoms with van der Waals surface area (Å²) in [6.45, 7) is 3.68. The van der Waals surface area contributed by atoms with Crippen molar-refractivity contribution in [1.29, 1.82) is 0 Å². The predicted octanol–water partition coefficient (Wildman–Crippen LogP) is 4.92. The molecule has 2 aromatic heterocycles. The molecule has 0 fully saturated rings. The fourth-order valence-corrected chi connectivity index (χ4v) is 6.25. The summed E-state index contributed by atoms with van der Waals surface area (Å²) in [5.41, 5.74) is 3.02.